The second-order valence-electron chi connectivity index (χ2n) is 8.57. The number of halogens is 1. The molecule has 36 heavy (non-hydrogen) atoms. The summed E-state index contributed by atoms with van der Waals surface area (Å²) in [5.74, 6) is -0.411. The molecule has 4 rings (SSSR count). The van der Waals surface area contributed by atoms with Gasteiger partial charge in [0.25, 0.3) is 10.0 Å². The lowest BCUT2D eigenvalue weighted by Gasteiger charge is -2.27. The van der Waals surface area contributed by atoms with Gasteiger partial charge in [-0.1, -0.05) is 88.2 Å². The zero-order valence-corrected chi connectivity index (χ0v) is 22.5. The van der Waals surface area contributed by atoms with Crippen molar-refractivity contribution in [2.75, 3.05) is 10.8 Å². The molecule has 0 fully saturated rings. The van der Waals surface area contributed by atoms with Crippen LogP contribution in [0.15, 0.2) is 112 Å². The average molecular weight is 564 g/mol. The Morgan fingerprint density at radius 2 is 1.44 bits per heavy atom. The van der Waals surface area contributed by atoms with Gasteiger partial charge in [0.05, 0.1) is 16.6 Å². The van der Waals surface area contributed by atoms with Gasteiger partial charge >= 0.3 is 0 Å². The molecule has 1 N–H and O–H groups in total. The lowest BCUT2D eigenvalue weighted by atomic mass is 9.95. The van der Waals surface area contributed by atoms with Crippen molar-refractivity contribution >= 4 is 37.5 Å². The van der Waals surface area contributed by atoms with E-state index in [-0.39, 0.29) is 11.4 Å². The van der Waals surface area contributed by atoms with Gasteiger partial charge in [-0.2, -0.15) is 0 Å². The van der Waals surface area contributed by atoms with Crippen molar-refractivity contribution in [3.05, 3.63) is 130 Å². The smallest absolute Gasteiger partial charge is 0.264 e. The third kappa shape index (κ3) is 5.86. The Labute approximate surface area is 221 Å². The molecule has 0 heterocycles. The van der Waals surface area contributed by atoms with E-state index in [4.69, 9.17) is 0 Å². The maximum atomic E-state index is 13.7. The minimum atomic E-state index is -3.99. The van der Waals surface area contributed by atoms with Crippen molar-refractivity contribution in [1.29, 1.82) is 0 Å². The molecule has 0 aliphatic carbocycles. The van der Waals surface area contributed by atoms with Gasteiger partial charge in [-0.25, -0.2) is 8.42 Å². The molecule has 1 amide bonds. The summed E-state index contributed by atoms with van der Waals surface area (Å²) < 4.78 is 29.3. The first-order valence-electron chi connectivity index (χ1n) is 11.5. The first kappa shape index (κ1) is 25.7. The number of anilines is 1. The predicted octanol–water partition coefficient (Wildman–Crippen LogP) is 6.17. The molecule has 7 heteroatoms. The molecule has 0 aliphatic rings. The van der Waals surface area contributed by atoms with Crippen LogP contribution in [0.3, 0.4) is 0 Å². The first-order valence-corrected chi connectivity index (χ1v) is 13.7. The number of nitrogens with one attached hydrogen (secondary N) is 1. The quantitative estimate of drug-likeness (QED) is 0.279. The number of carbonyl (C=O) groups is 1. The molecule has 0 saturated carbocycles. The second-order valence-corrected chi connectivity index (χ2v) is 11.3. The van der Waals surface area contributed by atoms with E-state index in [0.29, 0.717) is 5.69 Å². The summed E-state index contributed by atoms with van der Waals surface area (Å²) in [5.41, 5.74) is 4.25. The van der Waals surface area contributed by atoms with Gasteiger partial charge in [-0.3, -0.25) is 9.10 Å². The molecule has 4 aromatic rings. The topological polar surface area (TPSA) is 66.5 Å². The Bertz CT molecular complexity index is 1440. The van der Waals surface area contributed by atoms with Crippen LogP contribution in [0.4, 0.5) is 5.69 Å². The van der Waals surface area contributed by atoms with Crippen molar-refractivity contribution in [3.8, 4) is 0 Å². The molecule has 0 spiro atoms. The van der Waals surface area contributed by atoms with Crippen LogP contribution in [-0.4, -0.2) is 20.9 Å². The summed E-state index contributed by atoms with van der Waals surface area (Å²) in [7, 11) is -3.99. The van der Waals surface area contributed by atoms with E-state index in [1.807, 2.05) is 68.4 Å². The molecule has 0 unspecified atom stereocenters. The SMILES string of the molecule is Cc1ccc(S(=O)(=O)N(CC(=O)N[C@H](c2ccccc2)c2ccccc2C)c2ccc(Br)cc2)cc1. The molecule has 4 aromatic carbocycles. The predicted molar refractivity (Wildman–Crippen MR) is 147 cm³/mol. The summed E-state index contributed by atoms with van der Waals surface area (Å²) in [6.45, 7) is 3.52. The van der Waals surface area contributed by atoms with Crippen LogP contribution in [-0.2, 0) is 14.8 Å². The van der Waals surface area contributed by atoms with Crippen molar-refractivity contribution in [3.63, 3.8) is 0 Å². The van der Waals surface area contributed by atoms with Gasteiger partial charge in [-0.15, -0.1) is 0 Å². The molecule has 0 aliphatic heterocycles. The van der Waals surface area contributed by atoms with E-state index in [2.05, 4.69) is 21.2 Å². The number of hydrogen-bond acceptors (Lipinski definition) is 3. The molecule has 1 atom stereocenters. The molecule has 0 aromatic heterocycles. The summed E-state index contributed by atoms with van der Waals surface area (Å²) in [5, 5.41) is 3.08. The van der Waals surface area contributed by atoms with Crippen molar-refractivity contribution in [2.24, 2.45) is 0 Å². The van der Waals surface area contributed by atoms with Crippen LogP contribution in [0.5, 0.6) is 0 Å². The lowest BCUT2D eigenvalue weighted by molar-refractivity contribution is -0.120. The Morgan fingerprint density at radius 1 is 0.833 bits per heavy atom. The van der Waals surface area contributed by atoms with E-state index >= 15 is 0 Å². The van der Waals surface area contributed by atoms with Crippen molar-refractivity contribution in [2.45, 2.75) is 24.8 Å². The van der Waals surface area contributed by atoms with Gasteiger partial charge in [0.2, 0.25) is 5.91 Å². The summed E-state index contributed by atoms with van der Waals surface area (Å²) in [4.78, 5) is 13.6. The zero-order valence-electron chi connectivity index (χ0n) is 20.1. The molecule has 5 nitrogen and oxygen atoms in total. The average Bonchev–Trinajstić information content (AvgIpc) is 2.88. The molecular formula is C29H27BrN2O3S. The number of sulfonamides is 1. The minimum absolute atomic E-state index is 0.127. The maximum Gasteiger partial charge on any atom is 0.264 e. The Kier molecular flexibility index (Phi) is 7.91. The standard InChI is InChI=1S/C29H27BrN2O3S/c1-21-12-18-26(19-13-21)36(34,35)32(25-16-14-24(30)15-17-25)20-28(33)31-29(23-9-4-3-5-10-23)27-11-7-6-8-22(27)2/h3-19,29H,20H2,1-2H3,(H,31,33)/t29-/m1/s1. The van der Waals surface area contributed by atoms with Gasteiger partial charge in [-0.05, 0) is 66.9 Å². The monoisotopic (exact) mass is 562 g/mol. The number of nitrogens with zero attached hydrogens (tertiary/aromatic N) is 1. The largest absolute Gasteiger partial charge is 0.344 e. The molecule has 0 bridgehead atoms. The van der Waals surface area contributed by atoms with E-state index in [1.165, 1.54) is 0 Å². The van der Waals surface area contributed by atoms with E-state index in [0.717, 1.165) is 31.0 Å². The van der Waals surface area contributed by atoms with Gasteiger partial charge in [0.1, 0.15) is 6.54 Å². The van der Waals surface area contributed by atoms with Gasteiger partial charge in [0.15, 0.2) is 0 Å². The number of carbonyl (C=O) groups excluding carboxylic acids is 1. The second kappa shape index (κ2) is 11.1. The summed E-state index contributed by atoms with van der Waals surface area (Å²) in [6.07, 6.45) is 0. The van der Waals surface area contributed by atoms with Gasteiger partial charge < -0.3 is 5.32 Å². The maximum absolute atomic E-state index is 13.7. The Morgan fingerprint density at radius 3 is 2.08 bits per heavy atom. The fraction of sp³-hybridized carbons (Fsp3) is 0.138. The fourth-order valence-corrected chi connectivity index (χ4v) is 5.68. The van der Waals surface area contributed by atoms with Crippen LogP contribution in [0.25, 0.3) is 0 Å². The number of aryl methyl sites for hydroxylation is 2. The number of benzene rings is 4. The highest BCUT2D eigenvalue weighted by molar-refractivity contribution is 9.10. The van der Waals surface area contributed by atoms with Crippen LogP contribution in [0.2, 0.25) is 0 Å². The van der Waals surface area contributed by atoms with E-state index in [1.54, 1.807) is 48.5 Å². The van der Waals surface area contributed by atoms with Crippen molar-refractivity contribution < 1.29 is 13.2 Å². The summed E-state index contributed by atoms with van der Waals surface area (Å²) in [6, 6.07) is 30.6. The molecule has 0 radical (unpaired) electrons. The van der Waals surface area contributed by atoms with Crippen LogP contribution < -0.4 is 9.62 Å². The Balaban J connectivity index is 1.69. The van der Waals surface area contributed by atoms with Crippen LogP contribution in [0.1, 0.15) is 28.3 Å². The minimum Gasteiger partial charge on any atom is -0.344 e. The van der Waals surface area contributed by atoms with Crippen molar-refractivity contribution in [1.82, 2.24) is 5.32 Å². The fourth-order valence-electron chi connectivity index (χ4n) is 3.99. The highest BCUT2D eigenvalue weighted by Gasteiger charge is 2.28. The molecule has 0 saturated heterocycles. The van der Waals surface area contributed by atoms with E-state index < -0.39 is 22.0 Å². The normalized spacial score (nSPS) is 12.1. The highest BCUT2D eigenvalue weighted by atomic mass is 79.9. The van der Waals surface area contributed by atoms with Gasteiger partial charge in [0, 0.05) is 4.47 Å². The lowest BCUT2D eigenvalue weighted by Crippen LogP contribution is -2.42. The Hall–Kier alpha value is -3.42. The van der Waals surface area contributed by atoms with Crippen LogP contribution >= 0.6 is 15.9 Å². The first-order chi connectivity index (χ1) is 17.3. The summed E-state index contributed by atoms with van der Waals surface area (Å²) >= 11 is 3.39. The molecule has 184 valence electrons. The molecular weight excluding hydrogens is 536 g/mol. The number of hydrogen-bond donors (Lipinski definition) is 1. The third-order valence-corrected chi connectivity index (χ3v) is 8.27. The zero-order chi connectivity index (χ0) is 25.7. The highest BCUT2D eigenvalue weighted by Crippen LogP contribution is 2.27. The van der Waals surface area contributed by atoms with E-state index in [9.17, 15) is 13.2 Å². The third-order valence-electron chi connectivity index (χ3n) is 5.95. The van der Waals surface area contributed by atoms with Crippen LogP contribution in [0, 0.1) is 13.8 Å². The number of amides is 1. The number of rotatable bonds is 8.